The van der Waals surface area contributed by atoms with E-state index in [4.69, 9.17) is 4.74 Å². The molecule has 2 rings (SSSR count). The summed E-state index contributed by atoms with van der Waals surface area (Å²) < 4.78 is 5.17. The molecule has 0 aromatic heterocycles. The predicted molar refractivity (Wildman–Crippen MR) is 97.6 cm³/mol. The van der Waals surface area contributed by atoms with Crippen LogP contribution in [0.5, 0.6) is 0 Å². The Morgan fingerprint density at radius 2 is 2.00 bits per heavy atom. The molecule has 0 aliphatic heterocycles. The maximum Gasteiger partial charge on any atom is 0.315 e. The topological polar surface area (TPSA) is 46.5 Å². The lowest BCUT2D eigenvalue weighted by Gasteiger charge is -2.50. The van der Waals surface area contributed by atoms with Crippen LogP contribution in [-0.2, 0) is 9.53 Å². The van der Waals surface area contributed by atoms with E-state index >= 15 is 0 Å². The van der Waals surface area contributed by atoms with Gasteiger partial charge in [0.05, 0.1) is 12.5 Å². The Hall–Kier alpha value is -0.830. The first kappa shape index (κ1) is 19.5. The molecule has 0 fully saturated rings. The summed E-state index contributed by atoms with van der Waals surface area (Å²) in [5.74, 6) is 1.15. The summed E-state index contributed by atoms with van der Waals surface area (Å²) in [4.78, 5) is 12.5. The Morgan fingerprint density at radius 1 is 1.29 bits per heavy atom. The zero-order valence-corrected chi connectivity index (χ0v) is 16.3. The highest BCUT2D eigenvalue weighted by molar-refractivity contribution is 5.80. The molecule has 0 saturated heterocycles. The van der Waals surface area contributed by atoms with E-state index in [-0.39, 0.29) is 18.0 Å². The van der Waals surface area contributed by atoms with Gasteiger partial charge in [0.15, 0.2) is 0 Å². The number of ether oxygens (including phenoxy) is 1. The molecule has 0 bridgehead atoms. The summed E-state index contributed by atoms with van der Waals surface area (Å²) in [6, 6.07) is 0. The van der Waals surface area contributed by atoms with Gasteiger partial charge in [-0.15, -0.1) is 0 Å². The van der Waals surface area contributed by atoms with Gasteiger partial charge >= 0.3 is 5.97 Å². The van der Waals surface area contributed by atoms with Crippen molar-refractivity contribution in [1.29, 1.82) is 0 Å². The minimum atomic E-state index is -0.416. The van der Waals surface area contributed by atoms with Crippen molar-refractivity contribution in [3.05, 3.63) is 11.1 Å². The Morgan fingerprint density at radius 3 is 2.62 bits per heavy atom. The highest BCUT2D eigenvalue weighted by atomic mass is 16.5. The molecule has 0 radical (unpaired) electrons. The number of aliphatic hydroxyl groups is 1. The van der Waals surface area contributed by atoms with Crippen molar-refractivity contribution in [3.8, 4) is 0 Å². The van der Waals surface area contributed by atoms with E-state index in [0.717, 1.165) is 51.4 Å². The second-order valence-electron chi connectivity index (χ2n) is 8.65. The predicted octanol–water partition coefficient (Wildman–Crippen LogP) is 4.88. The van der Waals surface area contributed by atoms with E-state index in [1.165, 1.54) is 12.7 Å². The van der Waals surface area contributed by atoms with Crippen molar-refractivity contribution in [2.45, 2.75) is 79.1 Å². The molecule has 3 nitrogen and oxygen atoms in total. The van der Waals surface area contributed by atoms with Crippen LogP contribution in [-0.4, -0.2) is 24.8 Å². The lowest BCUT2D eigenvalue weighted by molar-refractivity contribution is -0.150. The Bertz CT molecular complexity index is 495. The number of carbonyl (C=O) groups excluding carboxylic acids is 1. The molecule has 3 heteroatoms. The van der Waals surface area contributed by atoms with Gasteiger partial charge in [0.2, 0.25) is 0 Å². The third-order valence-corrected chi connectivity index (χ3v) is 7.15. The highest BCUT2D eigenvalue weighted by Crippen LogP contribution is 2.57. The Labute approximate surface area is 147 Å². The lowest BCUT2D eigenvalue weighted by Crippen LogP contribution is -2.42. The van der Waals surface area contributed by atoms with Crippen LogP contribution in [0.1, 0.15) is 79.1 Å². The first-order valence-electron chi connectivity index (χ1n) is 9.72. The lowest BCUT2D eigenvalue weighted by atomic mass is 9.55. The second kappa shape index (κ2) is 7.59. The van der Waals surface area contributed by atoms with Crippen LogP contribution in [0.4, 0.5) is 0 Å². The summed E-state index contributed by atoms with van der Waals surface area (Å²) in [6.07, 6.45) is 8.54. The van der Waals surface area contributed by atoms with Crippen molar-refractivity contribution in [2.75, 3.05) is 13.7 Å². The highest BCUT2D eigenvalue weighted by Gasteiger charge is 2.49. The molecule has 0 amide bonds. The van der Waals surface area contributed by atoms with E-state index in [0.29, 0.717) is 11.8 Å². The monoisotopic (exact) mass is 336 g/mol. The van der Waals surface area contributed by atoms with Crippen molar-refractivity contribution >= 4 is 5.97 Å². The van der Waals surface area contributed by atoms with Crippen molar-refractivity contribution < 1.29 is 14.6 Å². The molecule has 2 aliphatic rings. The molecule has 0 unspecified atom stereocenters. The molecular weight excluding hydrogens is 300 g/mol. The third-order valence-electron chi connectivity index (χ3n) is 7.15. The fraction of sp³-hybridized carbons (Fsp3) is 0.857. The van der Waals surface area contributed by atoms with Gasteiger partial charge in [0.1, 0.15) is 0 Å². The molecular formula is C21H36O3. The second-order valence-corrected chi connectivity index (χ2v) is 8.65. The number of carbonyl (C=O) groups is 1. The first-order chi connectivity index (χ1) is 11.3. The minimum absolute atomic E-state index is 0.0553. The minimum Gasteiger partial charge on any atom is -0.468 e. The van der Waals surface area contributed by atoms with Crippen molar-refractivity contribution in [1.82, 2.24) is 0 Å². The number of esters is 1. The third kappa shape index (κ3) is 3.42. The molecule has 0 aromatic rings. The molecule has 0 saturated carbocycles. The van der Waals surface area contributed by atoms with Gasteiger partial charge < -0.3 is 9.84 Å². The standard InChI is InChI=1S/C21H36O3/c1-15(11-14-22)10-13-20(3)16(2)8-9-18-17(20)7-6-12-21(18,4)19(23)24-5/h15-16,22H,6-14H2,1-5H3/t15-,16-,20+,21+/m1/s1. The van der Waals surface area contributed by atoms with E-state index in [9.17, 15) is 9.90 Å². The molecule has 1 N–H and O–H groups in total. The molecule has 24 heavy (non-hydrogen) atoms. The van der Waals surface area contributed by atoms with Gasteiger partial charge in [-0.05, 0) is 75.5 Å². The average molecular weight is 337 g/mol. The summed E-state index contributed by atoms with van der Waals surface area (Å²) in [7, 11) is 1.52. The normalized spacial score (nSPS) is 34.7. The van der Waals surface area contributed by atoms with Crippen LogP contribution in [0.25, 0.3) is 0 Å². The number of hydrogen-bond acceptors (Lipinski definition) is 3. The smallest absolute Gasteiger partial charge is 0.315 e. The van der Waals surface area contributed by atoms with E-state index in [1.807, 2.05) is 0 Å². The average Bonchev–Trinajstić information content (AvgIpc) is 2.56. The Kier molecular flexibility index (Phi) is 6.17. The first-order valence-corrected chi connectivity index (χ1v) is 9.72. The maximum absolute atomic E-state index is 12.5. The zero-order chi connectivity index (χ0) is 18.0. The molecule has 0 heterocycles. The summed E-state index contributed by atoms with van der Waals surface area (Å²) in [5, 5.41) is 9.17. The van der Waals surface area contributed by atoms with Gasteiger partial charge in [-0.2, -0.15) is 0 Å². The van der Waals surface area contributed by atoms with E-state index in [2.05, 4.69) is 27.7 Å². The molecule has 2 aliphatic carbocycles. The molecule has 0 spiro atoms. The molecule has 4 atom stereocenters. The van der Waals surface area contributed by atoms with E-state index < -0.39 is 5.41 Å². The van der Waals surface area contributed by atoms with Crippen molar-refractivity contribution in [2.24, 2.45) is 22.7 Å². The van der Waals surface area contributed by atoms with Crippen LogP contribution >= 0.6 is 0 Å². The number of aliphatic hydroxyl groups excluding tert-OH is 1. The SMILES string of the molecule is COC(=O)[C@@]1(C)CCCC2=C1CC[C@@H](C)[C@]2(C)CC[C@@H](C)CCO. The van der Waals surface area contributed by atoms with E-state index in [1.54, 1.807) is 5.57 Å². The van der Waals surface area contributed by atoms with Gasteiger partial charge in [0.25, 0.3) is 0 Å². The van der Waals surface area contributed by atoms with Crippen LogP contribution in [0.15, 0.2) is 11.1 Å². The number of hydrogen-bond donors (Lipinski definition) is 1. The zero-order valence-electron chi connectivity index (χ0n) is 16.3. The summed E-state index contributed by atoms with van der Waals surface area (Å²) >= 11 is 0. The van der Waals surface area contributed by atoms with Gasteiger partial charge in [-0.1, -0.05) is 31.9 Å². The van der Waals surface area contributed by atoms with Gasteiger partial charge in [0, 0.05) is 6.61 Å². The van der Waals surface area contributed by atoms with Crippen LogP contribution in [0, 0.1) is 22.7 Å². The number of allylic oxidation sites excluding steroid dienone is 1. The Balaban J connectivity index is 2.33. The molecule has 0 aromatic carbocycles. The van der Waals surface area contributed by atoms with Gasteiger partial charge in [-0.25, -0.2) is 0 Å². The fourth-order valence-electron chi connectivity index (χ4n) is 5.05. The summed E-state index contributed by atoms with van der Waals surface area (Å²) in [6.45, 7) is 9.41. The van der Waals surface area contributed by atoms with Crippen LogP contribution in [0.3, 0.4) is 0 Å². The van der Waals surface area contributed by atoms with Crippen molar-refractivity contribution in [3.63, 3.8) is 0 Å². The van der Waals surface area contributed by atoms with Gasteiger partial charge in [-0.3, -0.25) is 4.79 Å². The number of rotatable bonds is 6. The maximum atomic E-state index is 12.5. The fourth-order valence-corrected chi connectivity index (χ4v) is 5.05. The summed E-state index contributed by atoms with van der Waals surface area (Å²) in [5.41, 5.74) is 2.71. The quantitative estimate of drug-likeness (QED) is 0.555. The number of methoxy groups -OCH3 is 1. The molecule has 138 valence electrons. The van der Waals surface area contributed by atoms with Crippen LogP contribution < -0.4 is 0 Å². The largest absolute Gasteiger partial charge is 0.468 e. The van der Waals surface area contributed by atoms with Crippen LogP contribution in [0.2, 0.25) is 0 Å².